The van der Waals surface area contributed by atoms with Crippen LogP contribution >= 0.6 is 22.6 Å². The number of amides is 1. The number of nitrogens with one attached hydrogen (secondary N) is 2. The van der Waals surface area contributed by atoms with Crippen molar-refractivity contribution in [2.45, 2.75) is 13.5 Å². The van der Waals surface area contributed by atoms with E-state index in [9.17, 15) is 4.79 Å². The standard InChI is InChI=1S/C23H23IN2O3/c1-16-7-6-10-19(11-16)25-14-17-12-20(24)23(21(13-17)28-2)29-15-22(27)26-18-8-4-3-5-9-18/h3-13,25H,14-15H2,1-2H3,(H,26,27). The predicted molar refractivity (Wildman–Crippen MR) is 125 cm³/mol. The third-order valence-electron chi connectivity index (χ3n) is 4.21. The molecule has 0 atom stereocenters. The van der Waals surface area contributed by atoms with Gasteiger partial charge in [-0.3, -0.25) is 4.79 Å². The van der Waals surface area contributed by atoms with Crippen molar-refractivity contribution in [3.8, 4) is 11.5 Å². The highest BCUT2D eigenvalue weighted by Crippen LogP contribution is 2.34. The number of hydrogen-bond acceptors (Lipinski definition) is 4. The maximum absolute atomic E-state index is 12.2. The molecule has 1 amide bonds. The van der Waals surface area contributed by atoms with Crippen molar-refractivity contribution in [3.63, 3.8) is 0 Å². The Balaban J connectivity index is 1.64. The Morgan fingerprint density at radius 3 is 2.48 bits per heavy atom. The number of ether oxygens (including phenoxy) is 2. The molecule has 0 fully saturated rings. The highest BCUT2D eigenvalue weighted by Gasteiger charge is 2.14. The SMILES string of the molecule is COc1cc(CNc2cccc(C)c2)cc(I)c1OCC(=O)Nc1ccccc1. The van der Waals surface area contributed by atoms with Gasteiger partial charge in [0, 0.05) is 17.9 Å². The fourth-order valence-electron chi connectivity index (χ4n) is 2.83. The van der Waals surface area contributed by atoms with Crippen molar-refractivity contribution < 1.29 is 14.3 Å². The molecule has 0 saturated heterocycles. The summed E-state index contributed by atoms with van der Waals surface area (Å²) >= 11 is 2.20. The molecule has 0 aliphatic rings. The van der Waals surface area contributed by atoms with Gasteiger partial charge in [0.15, 0.2) is 18.1 Å². The smallest absolute Gasteiger partial charge is 0.262 e. The largest absolute Gasteiger partial charge is 0.493 e. The Morgan fingerprint density at radius 2 is 1.76 bits per heavy atom. The molecule has 0 aliphatic carbocycles. The van der Waals surface area contributed by atoms with Gasteiger partial charge in [-0.25, -0.2) is 0 Å². The number of halogens is 1. The van der Waals surface area contributed by atoms with Gasteiger partial charge in [-0.15, -0.1) is 0 Å². The Hall–Kier alpha value is -2.74. The normalized spacial score (nSPS) is 10.3. The molecule has 0 spiro atoms. The van der Waals surface area contributed by atoms with E-state index in [0.717, 1.165) is 20.5 Å². The highest BCUT2D eigenvalue weighted by atomic mass is 127. The zero-order chi connectivity index (χ0) is 20.6. The van der Waals surface area contributed by atoms with E-state index < -0.39 is 0 Å². The highest BCUT2D eigenvalue weighted by molar-refractivity contribution is 14.1. The summed E-state index contributed by atoms with van der Waals surface area (Å²) in [6.45, 7) is 2.63. The topological polar surface area (TPSA) is 59.6 Å². The van der Waals surface area contributed by atoms with Crippen molar-refractivity contribution in [3.05, 3.63) is 81.4 Å². The van der Waals surface area contributed by atoms with Crippen LogP contribution in [0.2, 0.25) is 0 Å². The van der Waals surface area contributed by atoms with Gasteiger partial charge in [0.05, 0.1) is 10.7 Å². The van der Waals surface area contributed by atoms with Crippen LogP contribution in [0.25, 0.3) is 0 Å². The lowest BCUT2D eigenvalue weighted by Gasteiger charge is -2.15. The molecule has 0 heterocycles. The lowest BCUT2D eigenvalue weighted by Crippen LogP contribution is -2.20. The molecule has 3 rings (SSSR count). The molecule has 0 bridgehead atoms. The van der Waals surface area contributed by atoms with Gasteiger partial charge < -0.3 is 20.1 Å². The number of benzene rings is 3. The van der Waals surface area contributed by atoms with Crippen molar-refractivity contribution in [1.82, 2.24) is 0 Å². The first-order valence-electron chi connectivity index (χ1n) is 9.20. The molecule has 0 saturated carbocycles. The van der Waals surface area contributed by atoms with E-state index in [4.69, 9.17) is 9.47 Å². The molecular weight excluding hydrogens is 479 g/mol. The van der Waals surface area contributed by atoms with Gasteiger partial charge in [-0.1, -0.05) is 30.3 Å². The molecule has 0 aromatic heterocycles. The summed E-state index contributed by atoms with van der Waals surface area (Å²) in [6.07, 6.45) is 0. The number of para-hydroxylation sites is 1. The van der Waals surface area contributed by atoms with Gasteiger partial charge in [0.25, 0.3) is 5.91 Å². The predicted octanol–water partition coefficient (Wildman–Crippen LogP) is 5.24. The number of aryl methyl sites for hydroxylation is 1. The minimum Gasteiger partial charge on any atom is -0.493 e. The van der Waals surface area contributed by atoms with E-state index in [1.165, 1.54) is 5.56 Å². The number of anilines is 2. The average molecular weight is 502 g/mol. The van der Waals surface area contributed by atoms with Crippen LogP contribution in [0.15, 0.2) is 66.7 Å². The quantitative estimate of drug-likeness (QED) is 0.414. The van der Waals surface area contributed by atoms with Gasteiger partial charge in [0.2, 0.25) is 0 Å². The van der Waals surface area contributed by atoms with Crippen LogP contribution < -0.4 is 20.1 Å². The van der Waals surface area contributed by atoms with Crippen LogP contribution in [-0.2, 0) is 11.3 Å². The first-order valence-corrected chi connectivity index (χ1v) is 10.3. The maximum Gasteiger partial charge on any atom is 0.262 e. The van der Waals surface area contributed by atoms with Gasteiger partial charge in [-0.05, 0) is 77.0 Å². The number of hydrogen-bond donors (Lipinski definition) is 2. The summed E-state index contributed by atoms with van der Waals surface area (Å²) in [5.74, 6) is 0.945. The molecule has 3 aromatic rings. The monoisotopic (exact) mass is 502 g/mol. The third kappa shape index (κ3) is 6.12. The average Bonchev–Trinajstić information content (AvgIpc) is 2.72. The summed E-state index contributed by atoms with van der Waals surface area (Å²) in [6, 6.07) is 21.5. The first kappa shape index (κ1) is 21.0. The summed E-state index contributed by atoms with van der Waals surface area (Å²) in [5.41, 5.74) is 4.07. The molecule has 150 valence electrons. The summed E-state index contributed by atoms with van der Waals surface area (Å²) in [5, 5.41) is 6.22. The van der Waals surface area contributed by atoms with E-state index in [1.807, 2.05) is 54.6 Å². The number of carbonyl (C=O) groups excluding carboxylic acids is 1. The van der Waals surface area contributed by atoms with Crippen molar-refractivity contribution >= 4 is 39.9 Å². The zero-order valence-corrected chi connectivity index (χ0v) is 18.5. The molecule has 0 unspecified atom stereocenters. The number of carbonyl (C=O) groups is 1. The second kappa shape index (κ2) is 10.2. The first-order chi connectivity index (χ1) is 14.0. The maximum atomic E-state index is 12.2. The fraction of sp³-hybridized carbons (Fsp3) is 0.174. The summed E-state index contributed by atoms with van der Waals surface area (Å²) < 4.78 is 12.1. The van der Waals surface area contributed by atoms with Gasteiger partial charge in [-0.2, -0.15) is 0 Å². The van der Waals surface area contributed by atoms with Crippen molar-refractivity contribution in [2.75, 3.05) is 24.4 Å². The molecule has 5 nitrogen and oxygen atoms in total. The van der Waals surface area contributed by atoms with Gasteiger partial charge >= 0.3 is 0 Å². The van der Waals surface area contributed by atoms with Crippen LogP contribution in [0.4, 0.5) is 11.4 Å². The lowest BCUT2D eigenvalue weighted by molar-refractivity contribution is -0.118. The molecule has 3 aromatic carbocycles. The molecule has 0 aliphatic heterocycles. The Bertz CT molecular complexity index is 977. The summed E-state index contributed by atoms with van der Waals surface area (Å²) in [4.78, 5) is 12.2. The van der Waals surface area contributed by atoms with Crippen LogP contribution in [0.5, 0.6) is 11.5 Å². The third-order valence-corrected chi connectivity index (χ3v) is 5.01. The van der Waals surface area contributed by atoms with Crippen LogP contribution in [-0.4, -0.2) is 19.6 Å². The lowest BCUT2D eigenvalue weighted by atomic mass is 10.2. The van der Waals surface area contributed by atoms with Crippen molar-refractivity contribution in [2.24, 2.45) is 0 Å². The van der Waals surface area contributed by atoms with Gasteiger partial charge in [0.1, 0.15) is 0 Å². The van der Waals surface area contributed by atoms with Crippen LogP contribution in [0, 0.1) is 10.5 Å². The molecule has 2 N–H and O–H groups in total. The van der Waals surface area contributed by atoms with Crippen LogP contribution in [0.3, 0.4) is 0 Å². The van der Waals surface area contributed by atoms with Crippen LogP contribution in [0.1, 0.15) is 11.1 Å². The van der Waals surface area contributed by atoms with Crippen molar-refractivity contribution in [1.29, 1.82) is 0 Å². The van der Waals surface area contributed by atoms with E-state index in [-0.39, 0.29) is 12.5 Å². The minimum atomic E-state index is -0.223. The second-order valence-electron chi connectivity index (χ2n) is 6.53. The Kier molecular flexibility index (Phi) is 7.35. The fourth-order valence-corrected chi connectivity index (χ4v) is 3.65. The zero-order valence-electron chi connectivity index (χ0n) is 16.4. The summed E-state index contributed by atoms with van der Waals surface area (Å²) in [7, 11) is 1.60. The second-order valence-corrected chi connectivity index (χ2v) is 7.70. The Morgan fingerprint density at radius 1 is 1.00 bits per heavy atom. The van der Waals surface area contributed by atoms with E-state index in [1.54, 1.807) is 7.11 Å². The molecule has 0 radical (unpaired) electrons. The molecular formula is C23H23IN2O3. The Labute approximate surface area is 184 Å². The molecule has 29 heavy (non-hydrogen) atoms. The van der Waals surface area contributed by atoms with E-state index >= 15 is 0 Å². The van der Waals surface area contributed by atoms with E-state index in [0.29, 0.717) is 18.0 Å². The van der Waals surface area contributed by atoms with E-state index in [2.05, 4.69) is 52.3 Å². The minimum absolute atomic E-state index is 0.0951. The number of methoxy groups -OCH3 is 1. The number of rotatable bonds is 8. The molecule has 6 heteroatoms.